The molecule has 4 nitrogen and oxygen atoms in total. The minimum Gasteiger partial charge on any atom is -0.324 e. The summed E-state index contributed by atoms with van der Waals surface area (Å²) in [4.78, 5) is 8.74. The number of hydrogen-bond donors (Lipinski definition) is 1. The first-order valence-corrected chi connectivity index (χ1v) is 4.76. The molecule has 0 atom stereocenters. The molecule has 2 aromatic heterocycles. The SMILES string of the molecule is CC(C)n1c(CN)nc2cccnc21. The third-order valence-corrected chi connectivity index (χ3v) is 2.22. The molecule has 4 heteroatoms. The summed E-state index contributed by atoms with van der Waals surface area (Å²) in [6.07, 6.45) is 1.78. The van der Waals surface area contributed by atoms with Gasteiger partial charge in [0.25, 0.3) is 0 Å². The average molecular weight is 190 g/mol. The highest BCUT2D eigenvalue weighted by Crippen LogP contribution is 2.18. The summed E-state index contributed by atoms with van der Waals surface area (Å²) in [5.74, 6) is 0.897. The minimum absolute atomic E-state index is 0.341. The number of fused-ring (bicyclic) bond motifs is 1. The van der Waals surface area contributed by atoms with E-state index in [0.29, 0.717) is 12.6 Å². The molecule has 0 aliphatic heterocycles. The molecule has 0 aromatic carbocycles. The maximum atomic E-state index is 5.64. The molecule has 2 aromatic rings. The molecule has 0 aliphatic carbocycles. The van der Waals surface area contributed by atoms with Crippen LogP contribution in [0.15, 0.2) is 18.3 Å². The van der Waals surface area contributed by atoms with E-state index in [2.05, 4.69) is 28.4 Å². The van der Waals surface area contributed by atoms with E-state index < -0.39 is 0 Å². The molecule has 0 bridgehead atoms. The van der Waals surface area contributed by atoms with Crippen LogP contribution < -0.4 is 5.73 Å². The molecule has 2 heterocycles. The summed E-state index contributed by atoms with van der Waals surface area (Å²) in [5.41, 5.74) is 7.48. The lowest BCUT2D eigenvalue weighted by Crippen LogP contribution is -2.10. The van der Waals surface area contributed by atoms with Crippen LogP contribution in [0.2, 0.25) is 0 Å². The van der Waals surface area contributed by atoms with E-state index in [0.717, 1.165) is 17.0 Å². The fraction of sp³-hybridized carbons (Fsp3) is 0.400. The Bertz CT molecular complexity index is 444. The fourth-order valence-corrected chi connectivity index (χ4v) is 1.66. The van der Waals surface area contributed by atoms with E-state index >= 15 is 0 Å². The van der Waals surface area contributed by atoms with Gasteiger partial charge in [0.1, 0.15) is 11.3 Å². The van der Waals surface area contributed by atoms with Gasteiger partial charge in [0.05, 0.1) is 6.54 Å². The highest BCUT2D eigenvalue weighted by Gasteiger charge is 2.11. The number of rotatable bonds is 2. The maximum absolute atomic E-state index is 5.64. The second kappa shape index (κ2) is 3.38. The Hall–Kier alpha value is -1.42. The van der Waals surface area contributed by atoms with Crippen molar-refractivity contribution in [3.63, 3.8) is 0 Å². The van der Waals surface area contributed by atoms with E-state index in [1.54, 1.807) is 6.20 Å². The van der Waals surface area contributed by atoms with Gasteiger partial charge >= 0.3 is 0 Å². The molecule has 0 radical (unpaired) electrons. The molecule has 2 N–H and O–H groups in total. The zero-order valence-electron chi connectivity index (χ0n) is 8.44. The molecular weight excluding hydrogens is 176 g/mol. The van der Waals surface area contributed by atoms with E-state index in [1.807, 2.05) is 12.1 Å². The van der Waals surface area contributed by atoms with Gasteiger partial charge in [0.2, 0.25) is 0 Å². The Kier molecular flexibility index (Phi) is 2.21. The summed E-state index contributed by atoms with van der Waals surface area (Å²) in [6, 6.07) is 4.19. The van der Waals surface area contributed by atoms with E-state index in [9.17, 15) is 0 Å². The minimum atomic E-state index is 0.341. The maximum Gasteiger partial charge on any atom is 0.160 e. The molecule has 0 saturated carbocycles. The number of pyridine rings is 1. The highest BCUT2D eigenvalue weighted by atomic mass is 15.1. The Labute approximate surface area is 82.8 Å². The number of aromatic nitrogens is 3. The van der Waals surface area contributed by atoms with Crippen molar-refractivity contribution in [2.24, 2.45) is 5.73 Å². The third-order valence-electron chi connectivity index (χ3n) is 2.22. The summed E-state index contributed by atoms with van der Waals surface area (Å²) in [5, 5.41) is 0. The van der Waals surface area contributed by atoms with Gasteiger partial charge in [-0.1, -0.05) is 0 Å². The van der Waals surface area contributed by atoms with E-state index in [1.165, 1.54) is 0 Å². The van der Waals surface area contributed by atoms with Crippen LogP contribution in [-0.4, -0.2) is 14.5 Å². The van der Waals surface area contributed by atoms with Crippen LogP contribution in [0.25, 0.3) is 11.2 Å². The van der Waals surface area contributed by atoms with Crippen molar-refractivity contribution in [1.82, 2.24) is 14.5 Å². The predicted molar refractivity (Wildman–Crippen MR) is 55.8 cm³/mol. The number of imidazole rings is 1. The lowest BCUT2D eigenvalue weighted by Gasteiger charge is -2.10. The average Bonchev–Trinajstić information content (AvgIpc) is 2.55. The second-order valence-corrected chi connectivity index (χ2v) is 3.54. The summed E-state index contributed by atoms with van der Waals surface area (Å²) < 4.78 is 2.08. The first-order chi connectivity index (χ1) is 6.74. The van der Waals surface area contributed by atoms with Crippen molar-refractivity contribution in [1.29, 1.82) is 0 Å². The van der Waals surface area contributed by atoms with Crippen molar-refractivity contribution in [2.45, 2.75) is 26.4 Å². The topological polar surface area (TPSA) is 56.7 Å². The van der Waals surface area contributed by atoms with Crippen LogP contribution in [0.4, 0.5) is 0 Å². The zero-order valence-corrected chi connectivity index (χ0v) is 8.44. The van der Waals surface area contributed by atoms with Gasteiger partial charge in [-0.2, -0.15) is 0 Å². The van der Waals surface area contributed by atoms with E-state index in [-0.39, 0.29) is 0 Å². The smallest absolute Gasteiger partial charge is 0.160 e. The van der Waals surface area contributed by atoms with Crippen molar-refractivity contribution < 1.29 is 0 Å². The van der Waals surface area contributed by atoms with Gasteiger partial charge in [0, 0.05) is 12.2 Å². The van der Waals surface area contributed by atoms with Gasteiger partial charge < -0.3 is 10.3 Å². The fourth-order valence-electron chi connectivity index (χ4n) is 1.66. The summed E-state index contributed by atoms with van der Waals surface area (Å²) in [6.45, 7) is 4.67. The molecule has 0 aliphatic rings. The summed E-state index contributed by atoms with van der Waals surface area (Å²) in [7, 11) is 0. The first-order valence-electron chi connectivity index (χ1n) is 4.76. The van der Waals surface area contributed by atoms with Gasteiger partial charge in [-0.05, 0) is 26.0 Å². The van der Waals surface area contributed by atoms with Crippen LogP contribution in [0, 0.1) is 0 Å². The molecule has 0 saturated heterocycles. The van der Waals surface area contributed by atoms with Crippen LogP contribution in [0.1, 0.15) is 25.7 Å². The van der Waals surface area contributed by atoms with Crippen LogP contribution in [-0.2, 0) is 6.54 Å². The summed E-state index contributed by atoms with van der Waals surface area (Å²) >= 11 is 0. The van der Waals surface area contributed by atoms with Crippen LogP contribution in [0.3, 0.4) is 0 Å². The molecule has 0 unspecified atom stereocenters. The molecule has 14 heavy (non-hydrogen) atoms. The van der Waals surface area contributed by atoms with E-state index in [4.69, 9.17) is 5.73 Å². The molecule has 0 amide bonds. The largest absolute Gasteiger partial charge is 0.324 e. The molecular formula is C10H14N4. The number of hydrogen-bond acceptors (Lipinski definition) is 3. The van der Waals surface area contributed by atoms with Crippen molar-refractivity contribution in [2.75, 3.05) is 0 Å². The van der Waals surface area contributed by atoms with Gasteiger partial charge in [0.15, 0.2) is 5.65 Å². The Balaban J connectivity index is 2.74. The number of nitrogens with zero attached hydrogens (tertiary/aromatic N) is 3. The second-order valence-electron chi connectivity index (χ2n) is 3.54. The lowest BCUT2D eigenvalue weighted by atomic mass is 10.3. The standard InChI is InChI=1S/C10H14N4/c1-7(2)14-9(6-11)13-8-4-3-5-12-10(8)14/h3-5,7H,6,11H2,1-2H3. The van der Waals surface area contributed by atoms with Crippen LogP contribution in [0.5, 0.6) is 0 Å². The third kappa shape index (κ3) is 1.28. The van der Waals surface area contributed by atoms with Crippen molar-refractivity contribution >= 4 is 11.2 Å². The Morgan fingerprint density at radius 3 is 2.93 bits per heavy atom. The lowest BCUT2D eigenvalue weighted by molar-refractivity contribution is 0.581. The Morgan fingerprint density at radius 1 is 1.50 bits per heavy atom. The molecule has 74 valence electrons. The Morgan fingerprint density at radius 2 is 2.29 bits per heavy atom. The molecule has 2 rings (SSSR count). The predicted octanol–water partition coefficient (Wildman–Crippen LogP) is 1.47. The quantitative estimate of drug-likeness (QED) is 0.780. The van der Waals surface area contributed by atoms with Gasteiger partial charge in [-0.3, -0.25) is 0 Å². The van der Waals surface area contributed by atoms with Crippen molar-refractivity contribution in [3.05, 3.63) is 24.2 Å². The van der Waals surface area contributed by atoms with Gasteiger partial charge in [-0.25, -0.2) is 9.97 Å². The molecule has 0 spiro atoms. The highest BCUT2D eigenvalue weighted by molar-refractivity contribution is 5.71. The molecule has 0 fully saturated rings. The zero-order chi connectivity index (χ0) is 10.1. The number of nitrogens with two attached hydrogens (primary N) is 1. The van der Waals surface area contributed by atoms with Crippen LogP contribution >= 0.6 is 0 Å². The normalized spacial score (nSPS) is 11.4. The van der Waals surface area contributed by atoms with Gasteiger partial charge in [-0.15, -0.1) is 0 Å². The first kappa shape index (κ1) is 9.15. The monoisotopic (exact) mass is 190 g/mol. The van der Waals surface area contributed by atoms with Crippen molar-refractivity contribution in [3.8, 4) is 0 Å².